The maximum atomic E-state index is 6.18. The third-order valence-corrected chi connectivity index (χ3v) is 6.32. The van der Waals surface area contributed by atoms with Gasteiger partial charge in [-0.2, -0.15) is 0 Å². The molecule has 1 rings (SSSR count). The summed E-state index contributed by atoms with van der Waals surface area (Å²) in [4.78, 5) is 2.62. The van der Waals surface area contributed by atoms with Crippen molar-refractivity contribution in [3.05, 3.63) is 84.1 Å². The number of nitrogens with one attached hydrogen (secondary N) is 1. The molecule has 0 spiro atoms. The summed E-state index contributed by atoms with van der Waals surface area (Å²) in [7, 11) is 0. The average Bonchev–Trinajstić information content (AvgIpc) is 2.79. The van der Waals surface area contributed by atoms with E-state index in [1.165, 1.54) is 43.5 Å². The summed E-state index contributed by atoms with van der Waals surface area (Å²) in [6, 6.07) is 0. The Hall–Kier alpha value is -1.77. The second-order valence-corrected chi connectivity index (χ2v) is 10.1. The molecule has 0 aliphatic carbocycles. The summed E-state index contributed by atoms with van der Waals surface area (Å²) < 4.78 is 0. The first kappa shape index (κ1) is 31.2. The molecule has 3 heteroatoms. The van der Waals surface area contributed by atoms with Crippen LogP contribution in [0.3, 0.4) is 0 Å². The molecule has 0 amide bonds. The molecule has 1 saturated heterocycles. The summed E-state index contributed by atoms with van der Waals surface area (Å²) in [6.45, 7) is 26.8. The number of rotatable bonds is 11. The molecule has 2 nitrogen and oxygen atoms in total. The highest BCUT2D eigenvalue weighted by atomic mass is 35.5. The fourth-order valence-electron chi connectivity index (χ4n) is 3.59. The highest BCUT2D eigenvalue weighted by molar-refractivity contribution is 6.31. The lowest BCUT2D eigenvalue weighted by Crippen LogP contribution is -2.46. The largest absolute Gasteiger partial charge is 0.386 e. The van der Waals surface area contributed by atoms with Crippen LogP contribution in [0.1, 0.15) is 73.6 Å². The third kappa shape index (κ3) is 14.9. The lowest BCUT2D eigenvalue weighted by molar-refractivity contribution is 0.0856. The number of likely N-dealkylation sites (tertiary alicyclic amines) is 1. The van der Waals surface area contributed by atoms with Gasteiger partial charge in [0.2, 0.25) is 0 Å². The fourth-order valence-corrected chi connectivity index (χ4v) is 3.74. The van der Waals surface area contributed by atoms with Crippen LogP contribution in [0.25, 0.3) is 0 Å². The van der Waals surface area contributed by atoms with Gasteiger partial charge in [0.1, 0.15) is 0 Å². The molecule has 0 atom stereocenters. The van der Waals surface area contributed by atoms with Crippen LogP contribution in [0.4, 0.5) is 0 Å². The summed E-state index contributed by atoms with van der Waals surface area (Å²) >= 11 is 6.18. The van der Waals surface area contributed by atoms with E-state index in [1.807, 2.05) is 18.4 Å². The summed E-state index contributed by atoms with van der Waals surface area (Å²) in [5, 5.41) is 3.91. The molecule has 0 unspecified atom stereocenters. The molecule has 0 bridgehead atoms. The van der Waals surface area contributed by atoms with Crippen LogP contribution < -0.4 is 5.32 Å². The van der Waals surface area contributed by atoms with Crippen molar-refractivity contribution in [2.24, 2.45) is 5.92 Å². The Balaban J connectivity index is 0.00000497. The van der Waals surface area contributed by atoms with Crippen molar-refractivity contribution >= 4 is 11.6 Å². The van der Waals surface area contributed by atoms with Crippen molar-refractivity contribution in [2.75, 3.05) is 19.6 Å². The quantitative estimate of drug-likeness (QED) is 0.183. The van der Waals surface area contributed by atoms with Crippen molar-refractivity contribution in [2.45, 2.75) is 79.2 Å². The van der Waals surface area contributed by atoms with Gasteiger partial charge in [-0.15, -0.1) is 13.2 Å². The molecule has 0 aromatic heterocycles. The monoisotopic (exact) mass is 472 g/mol. The first-order chi connectivity index (χ1) is 15.6. The van der Waals surface area contributed by atoms with Gasteiger partial charge >= 0.3 is 0 Å². The van der Waals surface area contributed by atoms with Gasteiger partial charge < -0.3 is 5.32 Å². The maximum Gasteiger partial charge on any atom is 0.0562 e. The van der Waals surface area contributed by atoms with E-state index in [1.54, 1.807) is 0 Å². The first-order valence-corrected chi connectivity index (χ1v) is 12.7. The number of allylic oxidation sites excluding steroid dienone is 9. The van der Waals surface area contributed by atoms with Gasteiger partial charge in [0, 0.05) is 18.3 Å². The zero-order chi connectivity index (χ0) is 25.3. The Morgan fingerprint density at radius 2 is 1.76 bits per heavy atom. The summed E-state index contributed by atoms with van der Waals surface area (Å²) in [5.41, 5.74) is 4.01. The third-order valence-electron chi connectivity index (χ3n) is 6.08. The molecule has 33 heavy (non-hydrogen) atoms. The number of halogens is 1. The van der Waals surface area contributed by atoms with Crippen LogP contribution >= 0.6 is 11.6 Å². The van der Waals surface area contributed by atoms with E-state index in [0.29, 0.717) is 10.6 Å². The fraction of sp³-hybridized carbons (Fsp3) is 0.533. The van der Waals surface area contributed by atoms with E-state index in [-0.39, 0.29) is 0 Å². The van der Waals surface area contributed by atoms with Gasteiger partial charge in [0.25, 0.3) is 0 Å². The number of hydrogen-bond acceptors (Lipinski definition) is 2. The van der Waals surface area contributed by atoms with E-state index in [4.69, 9.17) is 11.6 Å². The van der Waals surface area contributed by atoms with Crippen LogP contribution in [-0.4, -0.2) is 30.1 Å². The summed E-state index contributed by atoms with van der Waals surface area (Å²) in [6.07, 6.45) is 20.5. The Bertz CT molecular complexity index is 708. The second kappa shape index (κ2) is 17.7. The van der Waals surface area contributed by atoms with Crippen molar-refractivity contribution in [3.63, 3.8) is 0 Å². The smallest absolute Gasteiger partial charge is 0.0562 e. The van der Waals surface area contributed by atoms with Gasteiger partial charge in [0.05, 0.1) is 5.03 Å². The van der Waals surface area contributed by atoms with Crippen molar-refractivity contribution in [1.82, 2.24) is 10.2 Å². The van der Waals surface area contributed by atoms with E-state index in [2.05, 4.69) is 95.8 Å². The van der Waals surface area contributed by atoms with Crippen LogP contribution in [0.15, 0.2) is 84.1 Å². The molecule has 1 aliphatic rings. The molecule has 0 aromatic rings. The highest BCUT2D eigenvalue weighted by Crippen LogP contribution is 2.27. The van der Waals surface area contributed by atoms with Crippen molar-refractivity contribution in [1.29, 1.82) is 0 Å². The zero-order valence-electron chi connectivity index (χ0n) is 22.2. The highest BCUT2D eigenvalue weighted by Gasteiger charge is 2.26. The van der Waals surface area contributed by atoms with Crippen LogP contribution in [-0.2, 0) is 0 Å². The Kier molecular flexibility index (Phi) is 16.7. The molecule has 0 aromatic carbocycles. The van der Waals surface area contributed by atoms with E-state index in [9.17, 15) is 0 Å². The minimum Gasteiger partial charge on any atom is -0.386 e. The topological polar surface area (TPSA) is 15.3 Å². The normalized spacial score (nSPS) is 17.4. The molecule has 0 saturated carbocycles. The van der Waals surface area contributed by atoms with Gasteiger partial charge in [-0.05, 0) is 103 Å². The number of nitrogens with zero attached hydrogens (tertiary/aromatic N) is 1. The van der Waals surface area contributed by atoms with Gasteiger partial charge in [-0.25, -0.2) is 0 Å². The lowest BCUT2D eigenvalue weighted by Gasteiger charge is -2.41. The maximum absolute atomic E-state index is 6.18. The van der Waals surface area contributed by atoms with E-state index >= 15 is 0 Å². The standard InChI is InChI=1S/C28H45ClN2.C2H4/c1-8-23(2)12-9-16-27(29)22-30-19-11-14-25(4)24(3)13-10-15-26-17-20-31(21-18-26)28(5,6)7;1-2/h9,11-14,16,22,26,30H,4,8,10,15,17-21H2,1-3,5-7H3;1-2H2/b14-11-,16-9-,23-12-,24-13-,27-22-;. The van der Waals surface area contributed by atoms with Crippen molar-refractivity contribution < 1.29 is 0 Å². The molecule has 0 radical (unpaired) electrons. The Morgan fingerprint density at radius 1 is 1.12 bits per heavy atom. The van der Waals surface area contributed by atoms with Crippen LogP contribution in [0.5, 0.6) is 0 Å². The van der Waals surface area contributed by atoms with Gasteiger partial charge in [-0.1, -0.05) is 61.1 Å². The molecule has 186 valence electrons. The lowest BCUT2D eigenvalue weighted by atomic mass is 9.89. The predicted octanol–water partition coefficient (Wildman–Crippen LogP) is 8.72. The minimum absolute atomic E-state index is 0.309. The molecule has 1 fully saturated rings. The second-order valence-electron chi connectivity index (χ2n) is 9.66. The van der Waals surface area contributed by atoms with Crippen LogP contribution in [0, 0.1) is 5.92 Å². The molecule has 1 aliphatic heterocycles. The zero-order valence-corrected chi connectivity index (χ0v) is 23.0. The number of piperidine rings is 1. The first-order valence-electron chi connectivity index (χ1n) is 12.3. The van der Waals surface area contributed by atoms with Gasteiger partial charge in [-0.3, -0.25) is 4.90 Å². The Morgan fingerprint density at radius 3 is 2.33 bits per heavy atom. The van der Waals surface area contributed by atoms with Crippen molar-refractivity contribution in [3.8, 4) is 0 Å². The van der Waals surface area contributed by atoms with Gasteiger partial charge in [0.15, 0.2) is 0 Å². The molecule has 1 heterocycles. The predicted molar refractivity (Wildman–Crippen MR) is 152 cm³/mol. The molecule has 1 N–H and O–H groups in total. The minimum atomic E-state index is 0.309. The number of hydrogen-bond donors (Lipinski definition) is 1. The van der Waals surface area contributed by atoms with Crippen LogP contribution in [0.2, 0.25) is 0 Å². The van der Waals surface area contributed by atoms with E-state index < -0.39 is 0 Å². The average molecular weight is 473 g/mol. The SMILES string of the molecule is C=C.C=C(/C=C\CN/C=C(Cl)/C=C\C=C(\C)CC)/C(C)=C\CCC1CCN(C(C)(C)C)CC1. The Labute approximate surface area is 210 Å². The molecular formula is C30H49ClN2. The summed E-state index contributed by atoms with van der Waals surface area (Å²) in [5.74, 6) is 0.864. The molecular weight excluding hydrogens is 424 g/mol. The van der Waals surface area contributed by atoms with E-state index in [0.717, 1.165) is 30.9 Å².